The van der Waals surface area contributed by atoms with Crippen LogP contribution in [0.4, 0.5) is 0 Å². The summed E-state index contributed by atoms with van der Waals surface area (Å²) >= 11 is 1.44. The van der Waals surface area contributed by atoms with Crippen molar-refractivity contribution in [1.29, 1.82) is 0 Å². The molecule has 7 nitrogen and oxygen atoms in total. The molecule has 2 atom stereocenters. The van der Waals surface area contributed by atoms with Gasteiger partial charge < -0.3 is 15.5 Å². The SMILES string of the molecule is CCCCNC(=O)C1Sc2nnc(-c3ccccc3)n2NC1c1ccc(OCC)cc1. The summed E-state index contributed by atoms with van der Waals surface area (Å²) in [6, 6.07) is 17.6. The summed E-state index contributed by atoms with van der Waals surface area (Å²) in [7, 11) is 0. The lowest BCUT2D eigenvalue weighted by Crippen LogP contribution is -2.44. The smallest absolute Gasteiger partial charge is 0.236 e. The van der Waals surface area contributed by atoms with Crippen molar-refractivity contribution in [1.82, 2.24) is 20.2 Å². The molecule has 3 aromatic rings. The molecule has 162 valence electrons. The van der Waals surface area contributed by atoms with Gasteiger partial charge in [0.2, 0.25) is 11.1 Å². The van der Waals surface area contributed by atoms with Gasteiger partial charge in [-0.05, 0) is 31.0 Å². The van der Waals surface area contributed by atoms with E-state index in [2.05, 4.69) is 27.9 Å². The average molecular weight is 438 g/mol. The first-order valence-electron chi connectivity index (χ1n) is 10.7. The van der Waals surface area contributed by atoms with Crippen LogP contribution in [0.3, 0.4) is 0 Å². The van der Waals surface area contributed by atoms with Gasteiger partial charge in [0.1, 0.15) is 11.0 Å². The number of nitrogens with one attached hydrogen (secondary N) is 2. The molecule has 2 unspecified atom stereocenters. The molecule has 8 heteroatoms. The highest BCUT2D eigenvalue weighted by Gasteiger charge is 2.37. The summed E-state index contributed by atoms with van der Waals surface area (Å²) in [5.74, 6) is 1.54. The van der Waals surface area contributed by atoms with Crippen LogP contribution in [0.1, 0.15) is 38.3 Å². The highest BCUT2D eigenvalue weighted by Crippen LogP contribution is 2.38. The monoisotopic (exact) mass is 437 g/mol. The zero-order valence-corrected chi connectivity index (χ0v) is 18.6. The molecule has 0 radical (unpaired) electrons. The highest BCUT2D eigenvalue weighted by atomic mass is 32.2. The zero-order valence-electron chi connectivity index (χ0n) is 17.7. The maximum atomic E-state index is 13.1. The van der Waals surface area contributed by atoms with Crippen LogP contribution in [0.2, 0.25) is 0 Å². The van der Waals surface area contributed by atoms with E-state index >= 15 is 0 Å². The summed E-state index contributed by atoms with van der Waals surface area (Å²) in [6.45, 7) is 5.36. The lowest BCUT2D eigenvalue weighted by atomic mass is 10.0. The largest absolute Gasteiger partial charge is 0.494 e. The molecule has 0 fully saturated rings. The van der Waals surface area contributed by atoms with E-state index < -0.39 is 0 Å². The number of rotatable bonds is 8. The molecular formula is C23H27N5O2S. The second kappa shape index (κ2) is 9.87. The van der Waals surface area contributed by atoms with Crippen LogP contribution in [0, 0.1) is 0 Å². The molecule has 2 aromatic carbocycles. The number of fused-ring (bicyclic) bond motifs is 1. The summed E-state index contributed by atoms with van der Waals surface area (Å²) < 4.78 is 7.46. The minimum Gasteiger partial charge on any atom is -0.494 e. The Hall–Kier alpha value is -3.00. The molecule has 31 heavy (non-hydrogen) atoms. The van der Waals surface area contributed by atoms with Crippen molar-refractivity contribution < 1.29 is 9.53 Å². The number of hydrogen-bond donors (Lipinski definition) is 2. The Kier molecular flexibility index (Phi) is 6.76. The van der Waals surface area contributed by atoms with Crippen LogP contribution in [-0.2, 0) is 4.79 Å². The Morgan fingerprint density at radius 3 is 2.61 bits per heavy atom. The van der Waals surface area contributed by atoms with E-state index in [9.17, 15) is 4.79 Å². The number of carbonyl (C=O) groups is 1. The van der Waals surface area contributed by atoms with Crippen molar-refractivity contribution in [2.24, 2.45) is 0 Å². The summed E-state index contributed by atoms with van der Waals surface area (Å²) in [4.78, 5) is 13.1. The molecular weight excluding hydrogens is 410 g/mol. The quantitative estimate of drug-likeness (QED) is 0.518. The Morgan fingerprint density at radius 1 is 1.13 bits per heavy atom. The van der Waals surface area contributed by atoms with Crippen LogP contribution in [0.5, 0.6) is 5.75 Å². The van der Waals surface area contributed by atoms with Gasteiger partial charge in [-0.15, -0.1) is 10.2 Å². The third kappa shape index (κ3) is 4.69. The Labute approximate surface area is 186 Å². The topological polar surface area (TPSA) is 81.1 Å². The number of ether oxygens (including phenoxy) is 1. The molecule has 1 aromatic heterocycles. The van der Waals surface area contributed by atoms with Crippen molar-refractivity contribution in [2.75, 3.05) is 18.6 Å². The van der Waals surface area contributed by atoms with Gasteiger partial charge in [0.15, 0.2) is 5.82 Å². The number of aromatic nitrogens is 3. The van der Waals surface area contributed by atoms with Gasteiger partial charge in [-0.1, -0.05) is 67.6 Å². The van der Waals surface area contributed by atoms with E-state index in [-0.39, 0.29) is 17.2 Å². The fourth-order valence-corrected chi connectivity index (χ4v) is 4.61. The fraction of sp³-hybridized carbons (Fsp3) is 0.348. The molecule has 0 saturated heterocycles. The van der Waals surface area contributed by atoms with Gasteiger partial charge >= 0.3 is 0 Å². The summed E-state index contributed by atoms with van der Waals surface area (Å²) in [5.41, 5.74) is 5.47. The maximum Gasteiger partial charge on any atom is 0.236 e. The van der Waals surface area contributed by atoms with E-state index in [1.807, 2.05) is 66.2 Å². The van der Waals surface area contributed by atoms with Crippen LogP contribution in [0.15, 0.2) is 59.8 Å². The van der Waals surface area contributed by atoms with Crippen LogP contribution in [0.25, 0.3) is 11.4 Å². The Balaban J connectivity index is 1.66. The second-order valence-corrected chi connectivity index (χ2v) is 8.41. The number of carbonyl (C=O) groups excluding carboxylic acids is 1. The molecule has 0 aliphatic carbocycles. The first-order valence-corrected chi connectivity index (χ1v) is 11.5. The minimum absolute atomic E-state index is 0.000320. The molecule has 1 amide bonds. The molecule has 1 aliphatic rings. The number of unbranched alkanes of at least 4 members (excludes halogenated alkanes) is 1. The zero-order chi connectivity index (χ0) is 21.6. The van der Waals surface area contributed by atoms with Crippen molar-refractivity contribution in [3.8, 4) is 17.1 Å². The van der Waals surface area contributed by atoms with Gasteiger partial charge in [0.25, 0.3) is 0 Å². The van der Waals surface area contributed by atoms with E-state index in [1.54, 1.807) is 0 Å². The highest BCUT2D eigenvalue weighted by molar-refractivity contribution is 8.00. The first kappa shape index (κ1) is 21.2. The number of hydrogen-bond acceptors (Lipinski definition) is 6. The van der Waals surface area contributed by atoms with E-state index in [1.165, 1.54) is 11.8 Å². The van der Waals surface area contributed by atoms with Crippen molar-refractivity contribution in [3.63, 3.8) is 0 Å². The van der Waals surface area contributed by atoms with Crippen LogP contribution in [-0.4, -0.2) is 39.2 Å². The lowest BCUT2D eigenvalue weighted by Gasteiger charge is -2.33. The average Bonchev–Trinajstić information content (AvgIpc) is 3.23. The molecule has 2 heterocycles. The van der Waals surface area contributed by atoms with Gasteiger partial charge in [-0.25, -0.2) is 4.68 Å². The van der Waals surface area contributed by atoms with E-state index in [0.717, 1.165) is 35.5 Å². The van der Waals surface area contributed by atoms with E-state index in [4.69, 9.17) is 4.74 Å². The van der Waals surface area contributed by atoms with Gasteiger partial charge in [-0.3, -0.25) is 4.79 Å². The predicted molar refractivity (Wildman–Crippen MR) is 123 cm³/mol. The van der Waals surface area contributed by atoms with Gasteiger partial charge in [0, 0.05) is 12.1 Å². The van der Waals surface area contributed by atoms with Gasteiger partial charge in [-0.2, -0.15) is 0 Å². The maximum absolute atomic E-state index is 13.1. The molecule has 1 aliphatic heterocycles. The third-order valence-electron chi connectivity index (χ3n) is 5.11. The standard InChI is InChI=1S/C23H27N5O2S/c1-3-5-15-24-22(29)20-19(16-11-13-18(14-12-16)30-4-2)27-28-21(25-26-23(28)31-20)17-9-7-6-8-10-17/h6-14,19-20,27H,3-5,15H2,1-2H3,(H,24,29). The summed E-state index contributed by atoms with van der Waals surface area (Å²) in [5, 5.41) is 12.1. The lowest BCUT2D eigenvalue weighted by molar-refractivity contribution is -0.120. The number of thioether (sulfide) groups is 1. The molecule has 2 N–H and O–H groups in total. The molecule has 0 saturated carbocycles. The van der Waals surface area contributed by atoms with Gasteiger partial charge in [0.05, 0.1) is 12.6 Å². The fourth-order valence-electron chi connectivity index (χ4n) is 3.51. The molecule has 0 spiro atoms. The van der Waals surface area contributed by atoms with Crippen molar-refractivity contribution in [3.05, 3.63) is 60.2 Å². The predicted octanol–water partition coefficient (Wildman–Crippen LogP) is 4.02. The van der Waals surface area contributed by atoms with Crippen LogP contribution >= 0.6 is 11.8 Å². The molecule has 4 rings (SSSR count). The normalized spacial score (nSPS) is 17.5. The van der Waals surface area contributed by atoms with Crippen LogP contribution < -0.4 is 15.5 Å². The Bertz CT molecular complexity index is 1010. The first-order chi connectivity index (χ1) is 15.2. The minimum atomic E-state index is -0.366. The molecule has 0 bridgehead atoms. The number of nitrogens with zero attached hydrogens (tertiary/aromatic N) is 3. The Morgan fingerprint density at radius 2 is 1.90 bits per heavy atom. The van der Waals surface area contributed by atoms with E-state index in [0.29, 0.717) is 18.3 Å². The second-order valence-electron chi connectivity index (χ2n) is 7.30. The van der Waals surface area contributed by atoms with Crippen molar-refractivity contribution in [2.45, 2.75) is 43.1 Å². The number of benzene rings is 2. The summed E-state index contributed by atoms with van der Waals surface area (Å²) in [6.07, 6.45) is 1.99. The third-order valence-corrected chi connectivity index (χ3v) is 6.32. The number of amides is 1. The van der Waals surface area contributed by atoms with Crippen molar-refractivity contribution >= 4 is 17.7 Å².